The first-order valence-electron chi connectivity index (χ1n) is 10.3. The number of halogens is 3. The molecule has 0 unspecified atom stereocenters. The van der Waals surface area contributed by atoms with Crippen LogP contribution >= 0.6 is 0 Å². The zero-order chi connectivity index (χ0) is 21.7. The van der Waals surface area contributed by atoms with Crippen LogP contribution in [0.25, 0.3) is 5.52 Å². The largest absolute Gasteiger partial charge is 0.395 e. The molecule has 6 nitrogen and oxygen atoms in total. The Bertz CT molecular complexity index is 948. The maximum atomic E-state index is 13.5. The van der Waals surface area contributed by atoms with Gasteiger partial charge in [0.1, 0.15) is 11.9 Å². The molecule has 30 heavy (non-hydrogen) atoms. The highest BCUT2D eigenvalue weighted by Crippen LogP contribution is 2.58. The summed E-state index contributed by atoms with van der Waals surface area (Å²) in [4.78, 5) is 19.4. The van der Waals surface area contributed by atoms with E-state index in [4.69, 9.17) is 0 Å². The van der Waals surface area contributed by atoms with E-state index < -0.39 is 23.2 Å². The van der Waals surface area contributed by atoms with E-state index >= 15 is 0 Å². The number of amides is 1. The number of aryl methyl sites for hydroxylation is 1. The third-order valence-corrected chi connectivity index (χ3v) is 6.39. The van der Waals surface area contributed by atoms with Crippen LogP contribution in [-0.4, -0.2) is 58.6 Å². The minimum atomic E-state index is -4.23. The van der Waals surface area contributed by atoms with Crippen molar-refractivity contribution in [2.24, 2.45) is 5.41 Å². The maximum absolute atomic E-state index is 13.5. The summed E-state index contributed by atoms with van der Waals surface area (Å²) in [5.74, 6) is 0.397. The third kappa shape index (κ3) is 3.69. The molecule has 2 aliphatic rings. The number of nitrogens with zero attached hydrogens (tertiary/aromatic N) is 3. The fourth-order valence-electron chi connectivity index (χ4n) is 4.34. The minimum absolute atomic E-state index is 0.123. The summed E-state index contributed by atoms with van der Waals surface area (Å²) in [5, 5.41) is 6.17. The molecule has 1 atom stereocenters. The molecule has 1 saturated carbocycles. The smallest absolute Gasteiger partial charge is 0.343 e. The van der Waals surface area contributed by atoms with Gasteiger partial charge < -0.3 is 15.0 Å². The molecule has 0 spiro atoms. The van der Waals surface area contributed by atoms with Crippen LogP contribution in [0.4, 0.5) is 13.2 Å². The van der Waals surface area contributed by atoms with Crippen molar-refractivity contribution in [3.8, 4) is 0 Å². The molecule has 164 valence electrons. The van der Waals surface area contributed by atoms with Crippen molar-refractivity contribution in [3.05, 3.63) is 35.9 Å². The van der Waals surface area contributed by atoms with Gasteiger partial charge in [0.2, 0.25) is 5.91 Å². The Kier molecular flexibility index (Phi) is 5.09. The van der Waals surface area contributed by atoms with Gasteiger partial charge in [0.05, 0.1) is 22.7 Å². The lowest BCUT2D eigenvalue weighted by molar-refractivity contribution is -0.194. The van der Waals surface area contributed by atoms with Crippen molar-refractivity contribution in [2.45, 2.75) is 51.4 Å². The average Bonchev–Trinajstić information content (AvgIpc) is 3.31. The number of alkyl halides is 3. The summed E-state index contributed by atoms with van der Waals surface area (Å²) in [6, 6.07) is 3.27. The lowest BCUT2D eigenvalue weighted by Crippen LogP contribution is -2.61. The predicted octanol–water partition coefficient (Wildman–Crippen LogP) is 2.61. The molecule has 2 aromatic rings. The zero-order valence-corrected chi connectivity index (χ0v) is 17.5. The zero-order valence-electron chi connectivity index (χ0n) is 17.5. The van der Waals surface area contributed by atoms with E-state index in [9.17, 15) is 18.0 Å². The van der Waals surface area contributed by atoms with Gasteiger partial charge in [-0.25, -0.2) is 4.98 Å². The topological polar surface area (TPSA) is 61.7 Å². The molecule has 2 N–H and O–H groups in total. The first-order chi connectivity index (χ1) is 14.0. The number of hydrogen-bond donors (Lipinski definition) is 2. The van der Waals surface area contributed by atoms with Gasteiger partial charge in [0.15, 0.2) is 0 Å². The molecule has 4 rings (SSSR count). The van der Waals surface area contributed by atoms with E-state index in [0.717, 1.165) is 11.1 Å². The minimum Gasteiger partial charge on any atom is -0.343 e. The van der Waals surface area contributed by atoms with E-state index in [1.165, 1.54) is 0 Å². The highest BCUT2D eigenvalue weighted by atomic mass is 19.4. The lowest BCUT2D eigenvalue weighted by atomic mass is 10.0. The first-order valence-corrected chi connectivity index (χ1v) is 10.3. The Labute approximate surface area is 173 Å². The van der Waals surface area contributed by atoms with Crippen LogP contribution in [-0.2, 0) is 10.3 Å². The second-order valence-corrected chi connectivity index (χ2v) is 9.11. The number of imidazole rings is 1. The average molecular weight is 423 g/mol. The lowest BCUT2D eigenvalue weighted by Gasteiger charge is -2.39. The van der Waals surface area contributed by atoms with Crippen LogP contribution < -0.4 is 10.6 Å². The fraction of sp³-hybridized carbons (Fsp3) is 0.619. The monoisotopic (exact) mass is 423 g/mol. The van der Waals surface area contributed by atoms with Crippen molar-refractivity contribution < 1.29 is 18.0 Å². The Balaban J connectivity index is 1.53. The van der Waals surface area contributed by atoms with Crippen molar-refractivity contribution in [1.82, 2.24) is 24.9 Å². The Morgan fingerprint density at radius 2 is 2.10 bits per heavy atom. The molecule has 0 radical (unpaired) electrons. The number of nitrogens with one attached hydrogen (secondary N) is 2. The number of hydrogen-bond acceptors (Lipinski definition) is 4. The molecule has 2 aromatic heterocycles. The SMILES string of the molecule is Cc1cccn2c(C(C)(C)NC(=O)[C@@H]3CNCCN3CC3(C(F)(F)F)CC3)ncc12. The molecule has 0 aromatic carbocycles. The van der Waals surface area contributed by atoms with E-state index in [0.29, 0.717) is 25.5 Å². The summed E-state index contributed by atoms with van der Waals surface area (Å²) in [6.07, 6.45) is -0.287. The van der Waals surface area contributed by atoms with Crippen molar-refractivity contribution in [3.63, 3.8) is 0 Å². The van der Waals surface area contributed by atoms with Crippen LogP contribution in [0.1, 0.15) is 38.1 Å². The second-order valence-electron chi connectivity index (χ2n) is 9.11. The molecule has 3 heterocycles. The van der Waals surface area contributed by atoms with Gasteiger partial charge in [-0.1, -0.05) is 6.07 Å². The van der Waals surface area contributed by atoms with Gasteiger partial charge >= 0.3 is 6.18 Å². The van der Waals surface area contributed by atoms with Gasteiger partial charge in [-0.2, -0.15) is 13.2 Å². The number of piperazine rings is 1. The highest BCUT2D eigenvalue weighted by molar-refractivity contribution is 5.83. The number of fused-ring (bicyclic) bond motifs is 1. The number of rotatable bonds is 5. The molecule has 2 fully saturated rings. The molecular formula is C21H28F3N5O. The van der Waals surface area contributed by atoms with Crippen LogP contribution in [0, 0.1) is 12.3 Å². The molecular weight excluding hydrogens is 395 g/mol. The Morgan fingerprint density at radius 3 is 2.77 bits per heavy atom. The van der Waals surface area contributed by atoms with Gasteiger partial charge in [0.25, 0.3) is 0 Å². The van der Waals surface area contributed by atoms with E-state index in [1.54, 1.807) is 11.1 Å². The number of carbonyl (C=O) groups excluding carboxylic acids is 1. The highest BCUT2D eigenvalue weighted by Gasteiger charge is 2.64. The van der Waals surface area contributed by atoms with Crippen LogP contribution in [0.15, 0.2) is 24.5 Å². The van der Waals surface area contributed by atoms with Crippen molar-refractivity contribution in [1.29, 1.82) is 0 Å². The summed E-state index contributed by atoms with van der Waals surface area (Å²) < 4.78 is 42.3. The number of carbonyl (C=O) groups is 1. The normalized spacial score (nSPS) is 22.3. The molecule has 1 aliphatic carbocycles. The van der Waals surface area contributed by atoms with Gasteiger partial charge in [-0.05, 0) is 45.2 Å². The van der Waals surface area contributed by atoms with Gasteiger partial charge in [-0.3, -0.25) is 9.69 Å². The standard InChI is InChI=1S/C21H28F3N5O/c1-14-5-4-9-29-15(14)12-26-18(29)19(2,3)27-17(30)16-11-25-8-10-28(16)13-20(6-7-20)21(22,23)24/h4-5,9,12,16,25H,6-8,10-11,13H2,1-3H3,(H,27,30)/t16-/m0/s1. The number of aromatic nitrogens is 2. The van der Waals surface area contributed by atoms with E-state index in [-0.39, 0.29) is 25.3 Å². The Hall–Kier alpha value is -2.13. The van der Waals surface area contributed by atoms with Crippen molar-refractivity contribution in [2.75, 3.05) is 26.2 Å². The van der Waals surface area contributed by atoms with Crippen molar-refractivity contribution >= 4 is 11.4 Å². The number of pyridine rings is 1. The van der Waals surface area contributed by atoms with Crippen LogP contribution in [0.5, 0.6) is 0 Å². The van der Waals surface area contributed by atoms with Crippen LogP contribution in [0.2, 0.25) is 0 Å². The van der Waals surface area contributed by atoms with Gasteiger partial charge in [0, 0.05) is 32.4 Å². The molecule has 1 saturated heterocycles. The maximum Gasteiger partial charge on any atom is 0.395 e. The Morgan fingerprint density at radius 1 is 1.37 bits per heavy atom. The summed E-state index contributed by atoms with van der Waals surface area (Å²) in [5.41, 5.74) is -0.420. The molecule has 9 heteroatoms. The fourth-order valence-corrected chi connectivity index (χ4v) is 4.34. The summed E-state index contributed by atoms with van der Waals surface area (Å²) in [7, 11) is 0. The molecule has 1 amide bonds. The third-order valence-electron chi connectivity index (χ3n) is 6.39. The first kappa shape index (κ1) is 21.1. The van der Waals surface area contributed by atoms with E-state index in [2.05, 4.69) is 15.6 Å². The summed E-state index contributed by atoms with van der Waals surface area (Å²) in [6.45, 7) is 6.92. The second kappa shape index (κ2) is 7.23. The quantitative estimate of drug-likeness (QED) is 0.776. The van der Waals surface area contributed by atoms with Crippen LogP contribution in [0.3, 0.4) is 0 Å². The predicted molar refractivity (Wildman–Crippen MR) is 107 cm³/mol. The summed E-state index contributed by atoms with van der Waals surface area (Å²) >= 11 is 0. The molecule has 0 bridgehead atoms. The molecule has 1 aliphatic heterocycles. The van der Waals surface area contributed by atoms with Gasteiger partial charge in [-0.15, -0.1) is 0 Å². The van der Waals surface area contributed by atoms with E-state index in [1.807, 2.05) is 43.5 Å².